The van der Waals surface area contributed by atoms with Gasteiger partial charge in [-0.25, -0.2) is 4.39 Å². The van der Waals surface area contributed by atoms with E-state index in [0.717, 1.165) is 37.0 Å². The topological polar surface area (TPSA) is 18.5 Å². The summed E-state index contributed by atoms with van der Waals surface area (Å²) in [5.41, 5.74) is 0. The summed E-state index contributed by atoms with van der Waals surface area (Å²) in [4.78, 5) is 0. The highest BCUT2D eigenvalue weighted by Crippen LogP contribution is 2.41. The lowest BCUT2D eigenvalue weighted by molar-refractivity contribution is 0.100. The molecule has 2 fully saturated rings. The van der Waals surface area contributed by atoms with Gasteiger partial charge < -0.3 is 9.47 Å². The van der Waals surface area contributed by atoms with Crippen molar-refractivity contribution in [2.75, 3.05) is 13.2 Å². The van der Waals surface area contributed by atoms with Crippen LogP contribution in [-0.2, 0) is 9.47 Å². The maximum Gasteiger partial charge on any atom is 0.186 e. The Kier molecular flexibility index (Phi) is 9.21. The van der Waals surface area contributed by atoms with Crippen LogP contribution >= 0.6 is 11.6 Å². The Balaban J connectivity index is 1.72. The van der Waals surface area contributed by atoms with Crippen molar-refractivity contribution in [2.24, 2.45) is 23.7 Å². The zero-order valence-corrected chi connectivity index (χ0v) is 17.8. The van der Waals surface area contributed by atoms with Gasteiger partial charge in [0.25, 0.3) is 0 Å². The molecule has 0 spiro atoms. The van der Waals surface area contributed by atoms with Crippen LogP contribution in [0.5, 0.6) is 0 Å². The second-order valence-electron chi connectivity index (χ2n) is 8.43. The zero-order valence-electron chi connectivity index (χ0n) is 17.1. The van der Waals surface area contributed by atoms with Crippen molar-refractivity contribution < 1.29 is 13.9 Å². The van der Waals surface area contributed by atoms with Crippen LogP contribution in [0.4, 0.5) is 4.39 Å². The summed E-state index contributed by atoms with van der Waals surface area (Å²) >= 11 is 5.99. The Morgan fingerprint density at radius 3 is 2.04 bits per heavy atom. The predicted octanol–water partition coefficient (Wildman–Crippen LogP) is 7.51. The third-order valence-corrected chi connectivity index (χ3v) is 6.65. The van der Waals surface area contributed by atoms with E-state index < -0.39 is 5.83 Å². The van der Waals surface area contributed by atoms with Crippen LogP contribution in [0.25, 0.3) is 0 Å². The lowest BCUT2D eigenvalue weighted by Gasteiger charge is -2.37. The van der Waals surface area contributed by atoms with Crippen molar-refractivity contribution in [3.8, 4) is 0 Å². The lowest BCUT2D eigenvalue weighted by Crippen LogP contribution is -2.26. The number of rotatable bonds is 9. The first-order valence-corrected chi connectivity index (χ1v) is 11.0. The van der Waals surface area contributed by atoms with Crippen LogP contribution < -0.4 is 0 Å². The molecule has 0 aliphatic heterocycles. The Labute approximate surface area is 169 Å². The molecule has 0 radical (unpaired) electrons. The van der Waals surface area contributed by atoms with E-state index in [1.807, 2.05) is 6.92 Å². The molecule has 2 saturated carbocycles. The summed E-state index contributed by atoms with van der Waals surface area (Å²) in [6.45, 7) is 12.6. The average molecular weight is 399 g/mol. The largest absolute Gasteiger partial charge is 0.493 e. The number of halogens is 2. The molecule has 2 rings (SSSR count). The molecule has 0 saturated heterocycles. The van der Waals surface area contributed by atoms with Gasteiger partial charge in [-0.05, 0) is 68.6 Å². The van der Waals surface area contributed by atoms with E-state index in [0.29, 0.717) is 19.1 Å². The van der Waals surface area contributed by atoms with Gasteiger partial charge in [0.15, 0.2) is 5.83 Å². The smallest absolute Gasteiger partial charge is 0.186 e. The fraction of sp³-hybridized carbons (Fsp3) is 0.739. The lowest BCUT2D eigenvalue weighted by atomic mass is 9.69. The highest BCUT2D eigenvalue weighted by molar-refractivity contribution is 6.32. The Morgan fingerprint density at radius 2 is 1.48 bits per heavy atom. The minimum Gasteiger partial charge on any atom is -0.493 e. The van der Waals surface area contributed by atoms with Gasteiger partial charge in [0.2, 0.25) is 0 Å². The van der Waals surface area contributed by atoms with Gasteiger partial charge in [-0.3, -0.25) is 0 Å². The molecule has 0 N–H and O–H groups in total. The second kappa shape index (κ2) is 11.1. The summed E-state index contributed by atoms with van der Waals surface area (Å²) in [7, 11) is 0. The summed E-state index contributed by atoms with van der Waals surface area (Å²) in [5.74, 6) is 2.62. The van der Waals surface area contributed by atoms with Crippen LogP contribution in [0.2, 0.25) is 0 Å². The normalized spacial score (nSPS) is 29.6. The van der Waals surface area contributed by atoms with Gasteiger partial charge in [0.05, 0.1) is 13.2 Å². The zero-order chi connectivity index (χ0) is 19.8. The molecule has 2 aliphatic carbocycles. The molecule has 0 heterocycles. The first-order chi connectivity index (χ1) is 12.9. The first-order valence-electron chi connectivity index (χ1n) is 10.6. The van der Waals surface area contributed by atoms with Crippen molar-refractivity contribution in [1.29, 1.82) is 0 Å². The Bertz CT molecular complexity index is 526. The van der Waals surface area contributed by atoms with Crippen molar-refractivity contribution in [2.45, 2.75) is 71.6 Å². The van der Waals surface area contributed by atoms with Crippen molar-refractivity contribution in [1.82, 2.24) is 0 Å². The minimum absolute atomic E-state index is 0.0235. The highest BCUT2D eigenvalue weighted by atomic mass is 35.5. The molecule has 0 aromatic heterocycles. The molecule has 154 valence electrons. The summed E-state index contributed by atoms with van der Waals surface area (Å²) in [6.07, 6.45) is 11.3. The Hall–Kier alpha value is -0.960. The number of hydrogen-bond donors (Lipinski definition) is 0. The van der Waals surface area contributed by atoms with Crippen LogP contribution in [0.3, 0.4) is 0 Å². The molecule has 2 nitrogen and oxygen atoms in total. The monoisotopic (exact) mass is 398 g/mol. The van der Waals surface area contributed by atoms with Crippen LogP contribution in [0, 0.1) is 23.7 Å². The van der Waals surface area contributed by atoms with E-state index in [1.54, 1.807) is 0 Å². The fourth-order valence-corrected chi connectivity index (χ4v) is 4.56. The molecule has 0 aromatic carbocycles. The van der Waals surface area contributed by atoms with Crippen LogP contribution in [0.1, 0.15) is 71.6 Å². The molecule has 2 aliphatic rings. The molecule has 4 heteroatoms. The number of hydrogen-bond acceptors (Lipinski definition) is 2. The second-order valence-corrected chi connectivity index (χ2v) is 8.81. The molecule has 0 atom stereocenters. The van der Waals surface area contributed by atoms with Gasteiger partial charge in [-0.2, -0.15) is 0 Å². The van der Waals surface area contributed by atoms with Gasteiger partial charge in [0.1, 0.15) is 16.6 Å². The average Bonchev–Trinajstić information content (AvgIpc) is 2.70. The van der Waals surface area contributed by atoms with Gasteiger partial charge in [-0.1, -0.05) is 51.4 Å². The summed E-state index contributed by atoms with van der Waals surface area (Å²) in [5, 5.41) is -0.149. The minimum atomic E-state index is -0.678. The van der Waals surface area contributed by atoms with E-state index in [1.165, 1.54) is 38.5 Å². The molecular formula is C23H36ClFO2. The van der Waals surface area contributed by atoms with Crippen molar-refractivity contribution in [3.05, 3.63) is 35.5 Å². The SMILES string of the molecule is C=C(OCC1CCC(C2CCC(C)CC2)CC1)/C(F)=C(/Cl)C(=C)OCCC. The van der Waals surface area contributed by atoms with Gasteiger partial charge in [-0.15, -0.1) is 0 Å². The molecular weight excluding hydrogens is 363 g/mol. The van der Waals surface area contributed by atoms with E-state index in [-0.39, 0.29) is 16.6 Å². The fourth-order valence-electron chi connectivity index (χ4n) is 4.40. The number of ether oxygens (including phenoxy) is 2. The predicted molar refractivity (Wildman–Crippen MR) is 111 cm³/mol. The van der Waals surface area contributed by atoms with Crippen LogP contribution in [-0.4, -0.2) is 13.2 Å². The van der Waals surface area contributed by atoms with E-state index in [2.05, 4.69) is 20.1 Å². The third-order valence-electron chi connectivity index (χ3n) is 6.27. The molecule has 0 unspecified atom stereocenters. The molecule has 0 aromatic rings. The van der Waals surface area contributed by atoms with Gasteiger partial charge >= 0.3 is 0 Å². The van der Waals surface area contributed by atoms with Crippen LogP contribution in [0.15, 0.2) is 35.5 Å². The number of allylic oxidation sites excluding steroid dienone is 2. The van der Waals surface area contributed by atoms with Gasteiger partial charge in [0, 0.05) is 0 Å². The quantitative estimate of drug-likeness (QED) is 0.295. The van der Waals surface area contributed by atoms with E-state index >= 15 is 0 Å². The maximum atomic E-state index is 14.3. The van der Waals surface area contributed by atoms with E-state index in [9.17, 15) is 4.39 Å². The standard InChI is InChI=1S/C23H36ClFO2/c1-5-14-26-17(3)22(24)23(25)18(4)27-15-19-8-12-21(13-9-19)20-10-6-16(2)7-11-20/h16,19-21H,3-15H2,1-2H3/b23-22-. The third kappa shape index (κ3) is 6.85. The molecule has 0 amide bonds. The van der Waals surface area contributed by atoms with Crippen molar-refractivity contribution in [3.63, 3.8) is 0 Å². The molecule has 27 heavy (non-hydrogen) atoms. The summed E-state index contributed by atoms with van der Waals surface area (Å²) in [6, 6.07) is 0. The van der Waals surface area contributed by atoms with E-state index in [4.69, 9.17) is 21.1 Å². The summed E-state index contributed by atoms with van der Waals surface area (Å²) < 4.78 is 25.2. The Morgan fingerprint density at radius 1 is 0.926 bits per heavy atom. The highest BCUT2D eigenvalue weighted by Gasteiger charge is 2.30. The first kappa shape index (κ1) is 22.3. The maximum absolute atomic E-state index is 14.3. The van der Waals surface area contributed by atoms with Crippen molar-refractivity contribution >= 4 is 11.6 Å². The molecule has 0 bridgehead atoms.